The van der Waals surface area contributed by atoms with Crippen molar-refractivity contribution >= 4 is 33.3 Å². The molecular formula is C25H27N3O5S. The van der Waals surface area contributed by atoms with E-state index in [2.05, 4.69) is 16.0 Å². The number of sulfone groups is 1. The zero-order valence-corrected chi connectivity index (χ0v) is 19.6. The third-order valence-electron chi connectivity index (χ3n) is 4.83. The van der Waals surface area contributed by atoms with Crippen LogP contribution in [0.25, 0.3) is 0 Å². The number of carbonyl (C=O) groups excluding carboxylic acids is 2. The minimum Gasteiger partial charge on any atom is -0.449 e. The fourth-order valence-corrected chi connectivity index (χ4v) is 4.31. The summed E-state index contributed by atoms with van der Waals surface area (Å²) in [6.45, 7) is 2.61. The number of anilines is 2. The van der Waals surface area contributed by atoms with Crippen LogP contribution in [-0.4, -0.2) is 27.1 Å². The van der Waals surface area contributed by atoms with E-state index >= 15 is 0 Å². The number of benzene rings is 3. The molecule has 0 spiro atoms. The number of urea groups is 1. The topological polar surface area (TPSA) is 114 Å². The molecule has 3 N–H and O–H groups in total. The van der Waals surface area contributed by atoms with Crippen molar-refractivity contribution in [3.63, 3.8) is 0 Å². The van der Waals surface area contributed by atoms with Crippen molar-refractivity contribution in [1.29, 1.82) is 0 Å². The SMILES string of the molecule is CCCCOC(=O)Nc1cccc(CNC(=O)Nc2ccc(S(=O)(=O)c3ccccc3)cc2)c1. The van der Waals surface area contributed by atoms with Gasteiger partial charge in [-0.3, -0.25) is 5.32 Å². The molecule has 3 aromatic rings. The Hall–Kier alpha value is -3.85. The molecule has 3 aromatic carbocycles. The lowest BCUT2D eigenvalue weighted by Crippen LogP contribution is -2.28. The largest absolute Gasteiger partial charge is 0.449 e. The summed E-state index contributed by atoms with van der Waals surface area (Å²) in [7, 11) is -3.62. The lowest BCUT2D eigenvalue weighted by molar-refractivity contribution is 0.160. The highest BCUT2D eigenvalue weighted by atomic mass is 32.2. The van der Waals surface area contributed by atoms with Gasteiger partial charge >= 0.3 is 12.1 Å². The van der Waals surface area contributed by atoms with Crippen LogP contribution < -0.4 is 16.0 Å². The molecule has 0 atom stereocenters. The Morgan fingerprint density at radius 2 is 1.53 bits per heavy atom. The standard InChI is InChI=1S/C25H27N3O5S/c1-2-3-16-33-25(30)28-21-9-7-8-19(17-21)18-26-24(29)27-20-12-14-23(15-13-20)34(31,32)22-10-5-4-6-11-22/h4-15,17H,2-3,16,18H2,1H3,(H,28,30)(H2,26,27,29). The van der Waals surface area contributed by atoms with Crippen molar-refractivity contribution in [2.24, 2.45) is 0 Å². The molecule has 0 saturated carbocycles. The van der Waals surface area contributed by atoms with Crippen molar-refractivity contribution < 1.29 is 22.7 Å². The number of carbonyl (C=O) groups is 2. The molecule has 178 valence electrons. The summed E-state index contributed by atoms with van der Waals surface area (Å²) in [6.07, 6.45) is 1.22. The van der Waals surface area contributed by atoms with Crippen LogP contribution in [0.3, 0.4) is 0 Å². The van der Waals surface area contributed by atoms with E-state index in [-0.39, 0.29) is 16.3 Å². The second kappa shape index (κ2) is 11.9. The molecule has 3 amide bonds. The van der Waals surface area contributed by atoms with E-state index in [1.165, 1.54) is 36.4 Å². The quantitative estimate of drug-likeness (QED) is 0.364. The predicted molar refractivity (Wildman–Crippen MR) is 131 cm³/mol. The number of hydrogen-bond donors (Lipinski definition) is 3. The highest BCUT2D eigenvalue weighted by molar-refractivity contribution is 7.91. The Morgan fingerprint density at radius 3 is 2.24 bits per heavy atom. The van der Waals surface area contributed by atoms with Gasteiger partial charge in [0.25, 0.3) is 0 Å². The first kappa shape index (κ1) is 24.8. The van der Waals surface area contributed by atoms with Gasteiger partial charge in [-0.15, -0.1) is 0 Å². The number of hydrogen-bond acceptors (Lipinski definition) is 5. The summed E-state index contributed by atoms with van der Waals surface area (Å²) < 4.78 is 30.4. The van der Waals surface area contributed by atoms with Gasteiger partial charge in [-0.25, -0.2) is 18.0 Å². The zero-order valence-electron chi connectivity index (χ0n) is 18.8. The lowest BCUT2D eigenvalue weighted by atomic mass is 10.2. The van der Waals surface area contributed by atoms with E-state index in [1.54, 1.807) is 36.4 Å². The van der Waals surface area contributed by atoms with Gasteiger partial charge in [0.1, 0.15) is 0 Å². The summed E-state index contributed by atoms with van der Waals surface area (Å²) in [5.74, 6) is 0. The van der Waals surface area contributed by atoms with Crippen LogP contribution in [0.15, 0.2) is 88.7 Å². The van der Waals surface area contributed by atoms with Crippen LogP contribution in [0.2, 0.25) is 0 Å². The maximum atomic E-state index is 12.7. The van der Waals surface area contributed by atoms with Crippen molar-refractivity contribution in [3.8, 4) is 0 Å². The van der Waals surface area contributed by atoms with Gasteiger partial charge in [0, 0.05) is 17.9 Å². The molecule has 3 rings (SSSR count). The van der Waals surface area contributed by atoms with Crippen molar-refractivity contribution in [2.45, 2.75) is 36.1 Å². The molecule has 0 heterocycles. The second-order valence-electron chi connectivity index (χ2n) is 7.46. The number of ether oxygens (including phenoxy) is 1. The maximum Gasteiger partial charge on any atom is 0.411 e. The van der Waals surface area contributed by atoms with Gasteiger partial charge in [-0.2, -0.15) is 0 Å². The third kappa shape index (κ3) is 7.08. The Labute approximate surface area is 199 Å². The first-order valence-corrected chi connectivity index (χ1v) is 12.3. The highest BCUT2D eigenvalue weighted by Gasteiger charge is 2.17. The predicted octanol–water partition coefficient (Wildman–Crippen LogP) is 5.19. The van der Waals surface area contributed by atoms with Gasteiger partial charge in [-0.05, 0) is 60.5 Å². The van der Waals surface area contributed by atoms with Crippen molar-refractivity contribution in [2.75, 3.05) is 17.2 Å². The number of nitrogens with one attached hydrogen (secondary N) is 3. The van der Waals surface area contributed by atoms with Crippen molar-refractivity contribution in [1.82, 2.24) is 5.32 Å². The van der Waals surface area contributed by atoms with Crippen LogP contribution in [0, 0.1) is 0 Å². The molecule has 0 fully saturated rings. The average molecular weight is 482 g/mol. The van der Waals surface area contributed by atoms with E-state index in [0.717, 1.165) is 18.4 Å². The Balaban J connectivity index is 1.52. The molecule has 0 aliphatic heterocycles. The second-order valence-corrected chi connectivity index (χ2v) is 9.41. The number of rotatable bonds is 9. The minimum atomic E-state index is -3.62. The molecular weight excluding hydrogens is 454 g/mol. The van der Waals surface area contributed by atoms with Crippen LogP contribution in [0.5, 0.6) is 0 Å². The van der Waals surface area contributed by atoms with E-state index in [4.69, 9.17) is 4.74 Å². The van der Waals surface area contributed by atoms with Crippen LogP contribution in [0.4, 0.5) is 21.0 Å². The van der Waals surface area contributed by atoms with Crippen LogP contribution in [-0.2, 0) is 21.1 Å². The maximum absolute atomic E-state index is 12.7. The lowest BCUT2D eigenvalue weighted by Gasteiger charge is -2.10. The van der Waals surface area contributed by atoms with E-state index in [0.29, 0.717) is 18.0 Å². The minimum absolute atomic E-state index is 0.141. The molecule has 0 radical (unpaired) electrons. The molecule has 8 nitrogen and oxygen atoms in total. The smallest absolute Gasteiger partial charge is 0.411 e. The molecule has 0 bridgehead atoms. The Morgan fingerprint density at radius 1 is 0.824 bits per heavy atom. The van der Waals surface area contributed by atoms with Gasteiger partial charge in [0.15, 0.2) is 0 Å². The summed E-state index contributed by atoms with van der Waals surface area (Å²) in [5, 5.41) is 8.06. The normalized spacial score (nSPS) is 10.9. The van der Waals surface area contributed by atoms with Gasteiger partial charge < -0.3 is 15.4 Å². The highest BCUT2D eigenvalue weighted by Crippen LogP contribution is 2.22. The summed E-state index contributed by atoms with van der Waals surface area (Å²) in [6, 6.07) is 20.7. The Kier molecular flexibility index (Phi) is 8.64. The van der Waals surface area contributed by atoms with E-state index < -0.39 is 22.0 Å². The molecule has 0 aromatic heterocycles. The Bertz CT molecular complexity index is 1210. The first-order chi connectivity index (χ1) is 16.4. The molecule has 0 aliphatic rings. The van der Waals surface area contributed by atoms with Gasteiger partial charge in [-0.1, -0.05) is 43.7 Å². The monoisotopic (exact) mass is 481 g/mol. The van der Waals surface area contributed by atoms with Gasteiger partial charge in [0.2, 0.25) is 9.84 Å². The summed E-state index contributed by atoms with van der Waals surface area (Å²) in [5.41, 5.74) is 1.80. The fraction of sp³-hybridized carbons (Fsp3) is 0.200. The zero-order chi connectivity index (χ0) is 24.4. The summed E-state index contributed by atoms with van der Waals surface area (Å²) in [4.78, 5) is 24.4. The molecule has 0 aliphatic carbocycles. The molecule has 9 heteroatoms. The van der Waals surface area contributed by atoms with Crippen LogP contribution >= 0.6 is 0 Å². The summed E-state index contributed by atoms with van der Waals surface area (Å²) >= 11 is 0. The van der Waals surface area contributed by atoms with E-state index in [1.807, 2.05) is 13.0 Å². The average Bonchev–Trinajstić information content (AvgIpc) is 2.84. The van der Waals surface area contributed by atoms with Crippen LogP contribution in [0.1, 0.15) is 25.3 Å². The first-order valence-electron chi connectivity index (χ1n) is 10.9. The fourth-order valence-electron chi connectivity index (χ4n) is 3.03. The molecule has 0 saturated heterocycles. The third-order valence-corrected chi connectivity index (χ3v) is 6.62. The molecule has 34 heavy (non-hydrogen) atoms. The number of amides is 3. The number of unbranched alkanes of at least 4 members (excludes halogenated alkanes) is 1. The molecule has 0 unspecified atom stereocenters. The van der Waals surface area contributed by atoms with E-state index in [9.17, 15) is 18.0 Å². The van der Waals surface area contributed by atoms with Gasteiger partial charge in [0.05, 0.1) is 16.4 Å². The van der Waals surface area contributed by atoms with Crippen molar-refractivity contribution in [3.05, 3.63) is 84.4 Å².